The van der Waals surface area contributed by atoms with Gasteiger partial charge in [-0.1, -0.05) is 37.6 Å². The number of rotatable bonds is 6. The summed E-state index contributed by atoms with van der Waals surface area (Å²) >= 11 is 6.04. The summed E-state index contributed by atoms with van der Waals surface area (Å²) in [6.07, 6.45) is 1.99. The topological polar surface area (TPSA) is 29.3 Å². The van der Waals surface area contributed by atoms with Crippen molar-refractivity contribution in [2.24, 2.45) is 5.73 Å². The molecule has 2 nitrogen and oxygen atoms in total. The minimum atomic E-state index is -0.0956. The molecule has 0 spiro atoms. The number of nitrogens with two attached hydrogens (primary N) is 1. The van der Waals surface area contributed by atoms with Gasteiger partial charge in [0.25, 0.3) is 0 Å². The Kier molecular flexibility index (Phi) is 5.64. The van der Waals surface area contributed by atoms with E-state index in [1.807, 2.05) is 18.2 Å². The maximum absolute atomic E-state index is 6.38. The lowest BCUT2D eigenvalue weighted by Crippen LogP contribution is -2.48. The van der Waals surface area contributed by atoms with Gasteiger partial charge in [-0.3, -0.25) is 4.90 Å². The average molecular weight is 269 g/mol. The summed E-state index contributed by atoms with van der Waals surface area (Å²) < 4.78 is 0. The van der Waals surface area contributed by atoms with Crippen molar-refractivity contribution in [3.8, 4) is 0 Å². The van der Waals surface area contributed by atoms with Gasteiger partial charge in [0.05, 0.1) is 0 Å². The molecule has 1 aromatic rings. The zero-order chi connectivity index (χ0) is 13.8. The lowest BCUT2D eigenvalue weighted by Gasteiger charge is -2.35. The van der Waals surface area contributed by atoms with Crippen LogP contribution in [0.15, 0.2) is 24.3 Å². The Bertz CT molecular complexity index is 375. The number of nitrogens with zero attached hydrogens (tertiary/aromatic N) is 1. The monoisotopic (exact) mass is 268 g/mol. The number of hydrogen-bond acceptors (Lipinski definition) is 2. The standard InChI is InChI=1S/C15H25ClN2/c1-5-15(17,6-2)11-18(4)12(3)13-8-7-9-14(16)10-13/h7-10,12H,5-6,11,17H2,1-4H3. The average Bonchev–Trinajstić information content (AvgIpc) is 2.37. The van der Waals surface area contributed by atoms with Crippen molar-refractivity contribution in [3.63, 3.8) is 0 Å². The highest BCUT2D eigenvalue weighted by molar-refractivity contribution is 6.30. The molecule has 0 amide bonds. The van der Waals surface area contributed by atoms with Gasteiger partial charge < -0.3 is 5.73 Å². The first-order valence-corrected chi connectivity index (χ1v) is 7.04. The normalized spacial score (nSPS) is 13.9. The lowest BCUT2D eigenvalue weighted by molar-refractivity contribution is 0.190. The van der Waals surface area contributed by atoms with E-state index in [9.17, 15) is 0 Å². The van der Waals surface area contributed by atoms with E-state index >= 15 is 0 Å². The molecule has 18 heavy (non-hydrogen) atoms. The summed E-state index contributed by atoms with van der Waals surface area (Å²) in [5.41, 5.74) is 7.52. The summed E-state index contributed by atoms with van der Waals surface area (Å²) in [5, 5.41) is 0.790. The van der Waals surface area contributed by atoms with Crippen molar-refractivity contribution >= 4 is 11.6 Å². The Morgan fingerprint density at radius 1 is 1.33 bits per heavy atom. The molecule has 1 unspecified atom stereocenters. The van der Waals surface area contributed by atoms with Crippen LogP contribution in [0.5, 0.6) is 0 Å². The van der Waals surface area contributed by atoms with Gasteiger partial charge in [-0.15, -0.1) is 0 Å². The van der Waals surface area contributed by atoms with E-state index in [1.165, 1.54) is 5.56 Å². The van der Waals surface area contributed by atoms with Crippen LogP contribution in [0.1, 0.15) is 45.2 Å². The fraction of sp³-hybridized carbons (Fsp3) is 0.600. The molecule has 1 aromatic carbocycles. The third-order valence-electron chi connectivity index (χ3n) is 3.96. The van der Waals surface area contributed by atoms with E-state index in [0.717, 1.165) is 24.4 Å². The zero-order valence-electron chi connectivity index (χ0n) is 11.9. The second kappa shape index (κ2) is 6.55. The van der Waals surface area contributed by atoms with E-state index < -0.39 is 0 Å². The van der Waals surface area contributed by atoms with Crippen molar-refractivity contribution in [3.05, 3.63) is 34.9 Å². The zero-order valence-corrected chi connectivity index (χ0v) is 12.7. The maximum atomic E-state index is 6.38. The summed E-state index contributed by atoms with van der Waals surface area (Å²) in [6, 6.07) is 8.37. The smallest absolute Gasteiger partial charge is 0.0409 e. The van der Waals surface area contributed by atoms with E-state index in [2.05, 4.69) is 38.8 Å². The largest absolute Gasteiger partial charge is 0.324 e. The van der Waals surface area contributed by atoms with Crippen molar-refractivity contribution in [1.82, 2.24) is 4.90 Å². The molecular weight excluding hydrogens is 244 g/mol. The van der Waals surface area contributed by atoms with E-state index in [0.29, 0.717) is 6.04 Å². The summed E-state index contributed by atoms with van der Waals surface area (Å²) in [4.78, 5) is 2.30. The van der Waals surface area contributed by atoms with Gasteiger partial charge in [0, 0.05) is 23.1 Å². The van der Waals surface area contributed by atoms with Gasteiger partial charge in [0.15, 0.2) is 0 Å². The molecule has 1 atom stereocenters. The second-order valence-electron chi connectivity index (χ2n) is 5.22. The third-order valence-corrected chi connectivity index (χ3v) is 4.20. The number of likely N-dealkylation sites (N-methyl/N-ethyl adjacent to an activating group) is 1. The molecule has 102 valence electrons. The lowest BCUT2D eigenvalue weighted by atomic mass is 9.92. The molecule has 1 rings (SSSR count). The highest BCUT2D eigenvalue weighted by Gasteiger charge is 2.24. The van der Waals surface area contributed by atoms with Crippen LogP contribution in [0.3, 0.4) is 0 Å². The van der Waals surface area contributed by atoms with Crippen LogP contribution in [-0.2, 0) is 0 Å². The highest BCUT2D eigenvalue weighted by Crippen LogP contribution is 2.24. The van der Waals surface area contributed by atoms with E-state index in [-0.39, 0.29) is 5.54 Å². The van der Waals surface area contributed by atoms with Crippen LogP contribution in [0.2, 0.25) is 5.02 Å². The van der Waals surface area contributed by atoms with Gasteiger partial charge in [0.1, 0.15) is 0 Å². The molecular formula is C15H25ClN2. The summed E-state index contributed by atoms with van der Waals surface area (Å²) in [6.45, 7) is 7.40. The molecule has 0 radical (unpaired) electrons. The molecule has 3 heteroatoms. The molecule has 0 saturated carbocycles. The van der Waals surface area contributed by atoms with Crippen LogP contribution in [0.4, 0.5) is 0 Å². The molecule has 0 aliphatic carbocycles. The number of halogens is 1. The quantitative estimate of drug-likeness (QED) is 0.849. The predicted molar refractivity (Wildman–Crippen MR) is 80.0 cm³/mol. The minimum absolute atomic E-state index is 0.0956. The predicted octanol–water partition coefficient (Wildman–Crippen LogP) is 3.85. The van der Waals surface area contributed by atoms with E-state index in [1.54, 1.807) is 0 Å². The first-order chi connectivity index (χ1) is 8.41. The summed E-state index contributed by atoms with van der Waals surface area (Å²) in [5.74, 6) is 0. The highest BCUT2D eigenvalue weighted by atomic mass is 35.5. The van der Waals surface area contributed by atoms with Crippen LogP contribution >= 0.6 is 11.6 Å². The van der Waals surface area contributed by atoms with Crippen molar-refractivity contribution in [2.75, 3.05) is 13.6 Å². The number of benzene rings is 1. The summed E-state index contributed by atoms with van der Waals surface area (Å²) in [7, 11) is 2.12. The van der Waals surface area contributed by atoms with Crippen LogP contribution in [0, 0.1) is 0 Å². The Labute approximate surface area is 116 Å². The Morgan fingerprint density at radius 3 is 2.44 bits per heavy atom. The molecule has 0 saturated heterocycles. The molecule has 0 aliphatic heterocycles. The molecule has 2 N–H and O–H groups in total. The number of hydrogen-bond donors (Lipinski definition) is 1. The first-order valence-electron chi connectivity index (χ1n) is 6.66. The van der Waals surface area contributed by atoms with Gasteiger partial charge in [0.2, 0.25) is 0 Å². The first kappa shape index (κ1) is 15.5. The van der Waals surface area contributed by atoms with Crippen LogP contribution in [0.25, 0.3) is 0 Å². The second-order valence-corrected chi connectivity index (χ2v) is 5.65. The van der Waals surface area contributed by atoms with Crippen molar-refractivity contribution in [1.29, 1.82) is 0 Å². The molecule has 0 aromatic heterocycles. The van der Waals surface area contributed by atoms with Gasteiger partial charge >= 0.3 is 0 Å². The molecule has 0 aliphatic rings. The molecule has 0 bridgehead atoms. The Balaban J connectivity index is 2.75. The fourth-order valence-electron chi connectivity index (χ4n) is 2.13. The molecule has 0 heterocycles. The van der Waals surface area contributed by atoms with E-state index in [4.69, 9.17) is 17.3 Å². The Hall–Kier alpha value is -0.570. The van der Waals surface area contributed by atoms with Gasteiger partial charge in [-0.25, -0.2) is 0 Å². The van der Waals surface area contributed by atoms with Crippen molar-refractivity contribution < 1.29 is 0 Å². The Morgan fingerprint density at radius 2 is 1.94 bits per heavy atom. The minimum Gasteiger partial charge on any atom is -0.324 e. The van der Waals surface area contributed by atoms with Crippen LogP contribution < -0.4 is 5.73 Å². The van der Waals surface area contributed by atoms with Gasteiger partial charge in [-0.2, -0.15) is 0 Å². The fourth-order valence-corrected chi connectivity index (χ4v) is 2.33. The van der Waals surface area contributed by atoms with Crippen molar-refractivity contribution in [2.45, 2.75) is 45.2 Å². The van der Waals surface area contributed by atoms with Gasteiger partial charge in [-0.05, 0) is 44.5 Å². The maximum Gasteiger partial charge on any atom is 0.0409 e. The molecule has 0 fully saturated rings. The SMILES string of the molecule is CCC(N)(CC)CN(C)C(C)c1cccc(Cl)c1. The van der Waals surface area contributed by atoms with Crippen LogP contribution in [-0.4, -0.2) is 24.0 Å². The third kappa shape index (κ3) is 3.98.